The van der Waals surface area contributed by atoms with Crippen molar-refractivity contribution in [3.05, 3.63) is 23.1 Å². The van der Waals surface area contributed by atoms with Crippen molar-refractivity contribution in [1.82, 2.24) is 0 Å². The molecule has 0 radical (unpaired) electrons. The number of benzene rings is 1. The lowest BCUT2D eigenvalue weighted by molar-refractivity contribution is 0.0699. The van der Waals surface area contributed by atoms with Gasteiger partial charge in [-0.25, -0.2) is 4.79 Å². The van der Waals surface area contributed by atoms with Gasteiger partial charge in [0.1, 0.15) is 5.75 Å². The average Bonchev–Trinajstić information content (AvgIpc) is 2.50. The quantitative estimate of drug-likeness (QED) is 0.669. The first-order chi connectivity index (χ1) is 6.61. The van der Waals surface area contributed by atoms with Crippen LogP contribution in [0.15, 0.2) is 17.5 Å². The van der Waals surface area contributed by atoms with Gasteiger partial charge in [0.05, 0.1) is 16.0 Å². The molecule has 4 N–H and O–H groups in total. The minimum Gasteiger partial charge on any atom is -0.506 e. The SMILES string of the molecule is Nc1csc2c(O)ccc(C(=O)O)c12. The highest BCUT2D eigenvalue weighted by Gasteiger charge is 2.14. The van der Waals surface area contributed by atoms with Gasteiger partial charge in [-0.15, -0.1) is 11.3 Å². The molecule has 2 rings (SSSR count). The second-order valence-corrected chi connectivity index (χ2v) is 3.71. The van der Waals surface area contributed by atoms with Crippen molar-refractivity contribution in [3.63, 3.8) is 0 Å². The summed E-state index contributed by atoms with van der Waals surface area (Å²) in [5.41, 5.74) is 6.13. The zero-order valence-electron chi connectivity index (χ0n) is 7.02. The Labute approximate surface area is 83.2 Å². The summed E-state index contributed by atoms with van der Waals surface area (Å²) in [7, 11) is 0. The van der Waals surface area contributed by atoms with E-state index < -0.39 is 5.97 Å². The van der Waals surface area contributed by atoms with Gasteiger partial charge in [-0.3, -0.25) is 0 Å². The summed E-state index contributed by atoms with van der Waals surface area (Å²) in [6, 6.07) is 2.71. The van der Waals surface area contributed by atoms with Crippen LogP contribution in [0.4, 0.5) is 5.69 Å². The Bertz CT molecular complexity index is 518. The highest BCUT2D eigenvalue weighted by atomic mass is 32.1. The summed E-state index contributed by atoms with van der Waals surface area (Å²) in [5.74, 6) is -0.980. The van der Waals surface area contributed by atoms with Crippen molar-refractivity contribution in [3.8, 4) is 5.75 Å². The highest BCUT2D eigenvalue weighted by molar-refractivity contribution is 7.18. The fourth-order valence-corrected chi connectivity index (χ4v) is 2.23. The van der Waals surface area contributed by atoms with Gasteiger partial charge in [-0.05, 0) is 12.1 Å². The predicted molar refractivity (Wildman–Crippen MR) is 54.9 cm³/mol. The van der Waals surface area contributed by atoms with E-state index in [0.29, 0.717) is 15.8 Å². The van der Waals surface area contributed by atoms with Gasteiger partial charge >= 0.3 is 5.97 Å². The van der Waals surface area contributed by atoms with Gasteiger partial charge in [0.2, 0.25) is 0 Å². The van der Waals surface area contributed by atoms with E-state index in [9.17, 15) is 9.90 Å². The Hall–Kier alpha value is -1.75. The van der Waals surface area contributed by atoms with Gasteiger partial charge in [0, 0.05) is 10.8 Å². The molecule has 1 aromatic carbocycles. The second-order valence-electron chi connectivity index (χ2n) is 2.83. The molecule has 14 heavy (non-hydrogen) atoms. The number of nitrogens with two attached hydrogens (primary N) is 1. The Morgan fingerprint density at radius 1 is 1.43 bits per heavy atom. The van der Waals surface area contributed by atoms with Crippen LogP contribution in [0.25, 0.3) is 10.1 Å². The lowest BCUT2D eigenvalue weighted by Gasteiger charge is -2.00. The zero-order chi connectivity index (χ0) is 10.3. The molecule has 0 unspecified atom stereocenters. The van der Waals surface area contributed by atoms with Crippen molar-refractivity contribution < 1.29 is 15.0 Å². The number of carbonyl (C=O) groups is 1. The number of fused-ring (bicyclic) bond motifs is 1. The molecule has 0 fully saturated rings. The van der Waals surface area contributed by atoms with Crippen LogP contribution < -0.4 is 5.73 Å². The van der Waals surface area contributed by atoms with Gasteiger partial charge in [0.25, 0.3) is 0 Å². The molecule has 0 spiro atoms. The topological polar surface area (TPSA) is 83.5 Å². The van der Waals surface area contributed by atoms with Gasteiger partial charge in [-0.1, -0.05) is 0 Å². The Balaban J connectivity index is 2.92. The van der Waals surface area contributed by atoms with Crippen LogP contribution in [0, 0.1) is 0 Å². The van der Waals surface area contributed by atoms with E-state index in [-0.39, 0.29) is 11.3 Å². The molecule has 0 atom stereocenters. The molecule has 72 valence electrons. The number of nitrogen functional groups attached to an aromatic ring is 1. The largest absolute Gasteiger partial charge is 0.506 e. The van der Waals surface area contributed by atoms with Crippen LogP contribution in [-0.4, -0.2) is 16.2 Å². The van der Waals surface area contributed by atoms with Crippen molar-refractivity contribution in [2.75, 3.05) is 5.73 Å². The van der Waals surface area contributed by atoms with E-state index in [1.54, 1.807) is 5.38 Å². The number of aromatic carboxylic acids is 1. The number of thiophene rings is 1. The molecule has 1 heterocycles. The van der Waals surface area contributed by atoms with Crippen molar-refractivity contribution in [2.45, 2.75) is 0 Å². The number of rotatable bonds is 1. The first kappa shape index (κ1) is 8.83. The van der Waals surface area contributed by atoms with Gasteiger partial charge in [0.15, 0.2) is 0 Å². The molecule has 0 aliphatic rings. The third-order valence-electron chi connectivity index (χ3n) is 1.96. The summed E-state index contributed by atoms with van der Waals surface area (Å²) in [4.78, 5) is 10.8. The molecule has 0 saturated heterocycles. The molecule has 4 nitrogen and oxygen atoms in total. The van der Waals surface area contributed by atoms with E-state index in [2.05, 4.69) is 0 Å². The fraction of sp³-hybridized carbons (Fsp3) is 0. The monoisotopic (exact) mass is 209 g/mol. The van der Waals surface area contributed by atoms with Gasteiger partial charge in [-0.2, -0.15) is 0 Å². The average molecular weight is 209 g/mol. The van der Waals surface area contributed by atoms with Gasteiger partial charge < -0.3 is 15.9 Å². The van der Waals surface area contributed by atoms with Crippen LogP contribution >= 0.6 is 11.3 Å². The van der Waals surface area contributed by atoms with E-state index in [0.717, 1.165) is 0 Å². The Morgan fingerprint density at radius 3 is 2.79 bits per heavy atom. The minimum atomic E-state index is -1.04. The predicted octanol–water partition coefficient (Wildman–Crippen LogP) is 1.89. The number of hydrogen-bond acceptors (Lipinski definition) is 4. The molecule has 0 amide bonds. The first-order valence-corrected chi connectivity index (χ1v) is 4.71. The van der Waals surface area contributed by atoms with E-state index in [4.69, 9.17) is 10.8 Å². The minimum absolute atomic E-state index is 0.0618. The summed E-state index contributed by atoms with van der Waals surface area (Å²) >= 11 is 1.23. The van der Waals surface area contributed by atoms with Crippen LogP contribution in [0.2, 0.25) is 0 Å². The maximum absolute atomic E-state index is 10.8. The van der Waals surface area contributed by atoms with Crippen molar-refractivity contribution >= 4 is 33.1 Å². The van der Waals surface area contributed by atoms with E-state index in [1.807, 2.05) is 0 Å². The third kappa shape index (κ3) is 1.10. The normalized spacial score (nSPS) is 10.6. The Kier molecular flexibility index (Phi) is 1.82. The lowest BCUT2D eigenvalue weighted by atomic mass is 10.1. The number of hydrogen-bond donors (Lipinski definition) is 3. The fourth-order valence-electron chi connectivity index (χ4n) is 1.34. The number of phenols is 1. The molecule has 0 saturated carbocycles. The molecule has 1 aromatic heterocycles. The summed E-state index contributed by atoms with van der Waals surface area (Å²) in [6.45, 7) is 0. The lowest BCUT2D eigenvalue weighted by Crippen LogP contribution is -1.97. The molecule has 5 heteroatoms. The summed E-state index contributed by atoms with van der Waals surface area (Å²) in [5, 5.41) is 20.4. The number of phenolic OH excluding ortho intramolecular Hbond substituents is 1. The van der Waals surface area contributed by atoms with Crippen molar-refractivity contribution in [2.24, 2.45) is 0 Å². The van der Waals surface area contributed by atoms with Crippen LogP contribution in [-0.2, 0) is 0 Å². The first-order valence-electron chi connectivity index (χ1n) is 3.83. The second kappa shape index (κ2) is 2.88. The summed E-state index contributed by atoms with van der Waals surface area (Å²) < 4.78 is 0.516. The Morgan fingerprint density at radius 2 is 2.14 bits per heavy atom. The zero-order valence-corrected chi connectivity index (χ0v) is 7.84. The third-order valence-corrected chi connectivity index (χ3v) is 2.98. The molecule has 0 aliphatic carbocycles. The number of carboxylic acids is 1. The number of carboxylic acid groups (broad SMARTS) is 1. The smallest absolute Gasteiger partial charge is 0.336 e. The van der Waals surface area contributed by atoms with Crippen LogP contribution in [0.3, 0.4) is 0 Å². The molecule has 2 aromatic rings. The molecular formula is C9H7NO3S. The molecule has 0 aliphatic heterocycles. The van der Waals surface area contributed by atoms with E-state index >= 15 is 0 Å². The summed E-state index contributed by atoms with van der Waals surface area (Å²) in [6.07, 6.45) is 0. The van der Waals surface area contributed by atoms with Crippen LogP contribution in [0.5, 0.6) is 5.75 Å². The molecule has 0 bridgehead atoms. The van der Waals surface area contributed by atoms with Crippen LogP contribution in [0.1, 0.15) is 10.4 Å². The standard InChI is InChI=1S/C9H7NO3S/c10-5-3-14-8-6(11)2-1-4(7(5)8)9(12)13/h1-3,11H,10H2,(H,12,13). The maximum atomic E-state index is 10.8. The van der Waals surface area contributed by atoms with E-state index in [1.165, 1.54) is 23.5 Å². The highest BCUT2D eigenvalue weighted by Crippen LogP contribution is 2.36. The number of anilines is 1. The van der Waals surface area contributed by atoms with Crippen molar-refractivity contribution in [1.29, 1.82) is 0 Å². The maximum Gasteiger partial charge on any atom is 0.336 e. The number of aromatic hydroxyl groups is 1. The molecular weight excluding hydrogens is 202 g/mol.